The molecule has 1 aliphatic carbocycles. The number of carbonyl (C=O) groups excluding carboxylic acids is 1. The van der Waals surface area contributed by atoms with Crippen molar-refractivity contribution in [3.8, 4) is 11.5 Å². The molecule has 2 aromatic rings. The Kier molecular flexibility index (Phi) is 4.66. The molecule has 10 heteroatoms. The van der Waals surface area contributed by atoms with E-state index >= 15 is 0 Å². The summed E-state index contributed by atoms with van der Waals surface area (Å²) in [6.45, 7) is 3.91. The van der Waals surface area contributed by atoms with Crippen LogP contribution in [0.4, 0.5) is 14.8 Å². The van der Waals surface area contributed by atoms with Gasteiger partial charge in [0, 0.05) is 20.0 Å². The zero-order valence-corrected chi connectivity index (χ0v) is 16.3. The van der Waals surface area contributed by atoms with Crippen LogP contribution in [0.15, 0.2) is 21.3 Å². The van der Waals surface area contributed by atoms with Crippen molar-refractivity contribution in [2.24, 2.45) is 5.41 Å². The van der Waals surface area contributed by atoms with Gasteiger partial charge in [-0.3, -0.25) is 9.59 Å². The minimum atomic E-state index is -3.16. The van der Waals surface area contributed by atoms with E-state index in [1.807, 2.05) is 4.90 Å². The first-order valence-corrected chi connectivity index (χ1v) is 9.68. The average molecular weight is 407 g/mol. The number of carbonyl (C=O) groups is 1. The van der Waals surface area contributed by atoms with E-state index in [0.29, 0.717) is 12.3 Å². The lowest BCUT2D eigenvalue weighted by Gasteiger charge is -2.33. The van der Waals surface area contributed by atoms with Crippen LogP contribution in [-0.4, -0.2) is 45.1 Å². The van der Waals surface area contributed by atoms with Crippen LogP contribution < -0.4 is 10.9 Å². The van der Waals surface area contributed by atoms with Crippen molar-refractivity contribution >= 4 is 11.9 Å². The summed E-state index contributed by atoms with van der Waals surface area (Å²) in [5, 5.41) is 10.4. The van der Waals surface area contributed by atoms with E-state index in [0.717, 1.165) is 32.0 Å². The normalized spacial score (nSPS) is 19.2. The lowest BCUT2D eigenvalue weighted by molar-refractivity contribution is -0.133. The molecule has 1 unspecified atom stereocenters. The minimum Gasteiger partial charge on any atom is -0.403 e. The first-order chi connectivity index (χ1) is 13.7. The third-order valence-electron chi connectivity index (χ3n) is 5.84. The van der Waals surface area contributed by atoms with Crippen molar-refractivity contribution in [2.75, 3.05) is 18.4 Å². The molecule has 3 heterocycles. The van der Waals surface area contributed by atoms with Gasteiger partial charge < -0.3 is 19.6 Å². The fourth-order valence-electron chi connectivity index (χ4n) is 3.69. The number of piperidine rings is 1. The molecule has 1 saturated carbocycles. The molecule has 1 aliphatic heterocycles. The molecule has 2 N–H and O–H groups in total. The molecule has 1 spiro atoms. The molecule has 4 rings (SSSR count). The Morgan fingerprint density at radius 3 is 2.55 bits per heavy atom. The molecule has 1 atom stereocenters. The number of halogens is 2. The highest BCUT2D eigenvalue weighted by Gasteiger charge is 2.45. The number of hydrogen-bond acceptors (Lipinski definition) is 6. The number of likely N-dealkylation sites (tertiary alicyclic amines) is 1. The summed E-state index contributed by atoms with van der Waals surface area (Å²) in [6, 6.07) is 1.72. The highest BCUT2D eigenvalue weighted by Crippen LogP contribution is 2.53. The van der Waals surface area contributed by atoms with Gasteiger partial charge in [0.15, 0.2) is 0 Å². The van der Waals surface area contributed by atoms with Gasteiger partial charge in [-0.1, -0.05) is 5.10 Å². The first kappa shape index (κ1) is 19.5. The Hall–Kier alpha value is -2.78. The van der Waals surface area contributed by atoms with Crippen molar-refractivity contribution < 1.29 is 18.0 Å². The number of alkyl halides is 2. The van der Waals surface area contributed by atoms with Crippen LogP contribution in [0.5, 0.6) is 0 Å². The maximum Gasteiger partial charge on any atom is 0.316 e. The molecule has 1 saturated heterocycles. The van der Waals surface area contributed by atoms with Crippen LogP contribution in [0, 0.1) is 5.41 Å². The summed E-state index contributed by atoms with van der Waals surface area (Å²) >= 11 is 0. The first-order valence-electron chi connectivity index (χ1n) is 9.68. The number of rotatable bonds is 5. The Labute approximate surface area is 165 Å². The Bertz CT molecular complexity index is 967. The molecule has 156 valence electrons. The Morgan fingerprint density at radius 2 is 1.97 bits per heavy atom. The van der Waals surface area contributed by atoms with Crippen LogP contribution >= 0.6 is 0 Å². The van der Waals surface area contributed by atoms with Gasteiger partial charge in [0.2, 0.25) is 5.91 Å². The lowest BCUT2D eigenvalue weighted by atomic mass is 9.93. The van der Waals surface area contributed by atoms with Crippen LogP contribution in [-0.2, 0) is 10.7 Å². The number of pyridine rings is 1. The third kappa shape index (κ3) is 4.01. The predicted molar refractivity (Wildman–Crippen MR) is 100 cm³/mol. The van der Waals surface area contributed by atoms with Crippen molar-refractivity contribution in [1.82, 2.24) is 20.1 Å². The monoisotopic (exact) mass is 407 g/mol. The maximum atomic E-state index is 13.3. The van der Waals surface area contributed by atoms with Gasteiger partial charge in [-0.15, -0.1) is 5.10 Å². The molecule has 2 fully saturated rings. The number of H-pyrrole nitrogens is 1. The van der Waals surface area contributed by atoms with Gasteiger partial charge in [0.1, 0.15) is 11.6 Å². The van der Waals surface area contributed by atoms with Crippen molar-refractivity contribution in [3.05, 3.63) is 28.2 Å². The van der Waals surface area contributed by atoms with Gasteiger partial charge in [-0.2, -0.15) is 0 Å². The van der Waals surface area contributed by atoms with E-state index in [9.17, 15) is 18.4 Å². The molecule has 1 amide bonds. The maximum absolute atomic E-state index is 13.3. The van der Waals surface area contributed by atoms with Crippen LogP contribution in [0.2, 0.25) is 0 Å². The summed E-state index contributed by atoms with van der Waals surface area (Å²) in [7, 11) is 0. The quantitative estimate of drug-likeness (QED) is 0.790. The Morgan fingerprint density at radius 1 is 1.28 bits per heavy atom. The number of aromatic nitrogens is 3. The number of nitrogens with zero attached hydrogens (tertiary/aromatic N) is 3. The van der Waals surface area contributed by atoms with Gasteiger partial charge in [-0.05, 0) is 50.2 Å². The fourth-order valence-corrected chi connectivity index (χ4v) is 3.69. The molecule has 0 aromatic carbocycles. The number of aromatic amines is 1. The van der Waals surface area contributed by atoms with E-state index in [-0.39, 0.29) is 23.4 Å². The number of hydrogen-bond donors (Lipinski definition) is 2. The highest BCUT2D eigenvalue weighted by atomic mass is 19.3. The van der Waals surface area contributed by atoms with Crippen LogP contribution in [0.3, 0.4) is 0 Å². The molecule has 8 nitrogen and oxygen atoms in total. The van der Waals surface area contributed by atoms with E-state index in [1.165, 1.54) is 18.9 Å². The van der Waals surface area contributed by atoms with Gasteiger partial charge in [-0.25, -0.2) is 8.78 Å². The smallest absolute Gasteiger partial charge is 0.316 e. The van der Waals surface area contributed by atoms with E-state index in [4.69, 9.17) is 4.42 Å². The van der Waals surface area contributed by atoms with Crippen LogP contribution in [0.25, 0.3) is 11.5 Å². The van der Waals surface area contributed by atoms with E-state index in [1.54, 1.807) is 6.92 Å². The van der Waals surface area contributed by atoms with Gasteiger partial charge >= 0.3 is 6.01 Å². The lowest BCUT2D eigenvalue weighted by Crippen LogP contribution is -2.45. The van der Waals surface area contributed by atoms with Gasteiger partial charge in [0.25, 0.3) is 17.4 Å². The summed E-state index contributed by atoms with van der Waals surface area (Å²) in [5.74, 6) is -3.33. The molecule has 2 aliphatic rings. The largest absolute Gasteiger partial charge is 0.403 e. The van der Waals surface area contributed by atoms with Crippen molar-refractivity contribution in [3.63, 3.8) is 0 Å². The topological polar surface area (TPSA) is 104 Å². The zero-order valence-electron chi connectivity index (χ0n) is 16.3. The molecule has 0 bridgehead atoms. The second kappa shape index (κ2) is 6.93. The fraction of sp³-hybridized carbons (Fsp3) is 0.579. The van der Waals surface area contributed by atoms with Crippen molar-refractivity contribution in [2.45, 2.75) is 51.5 Å². The summed E-state index contributed by atoms with van der Waals surface area (Å²) < 4.78 is 32.1. The summed E-state index contributed by atoms with van der Waals surface area (Å²) in [6.07, 6.45) is 4.63. The second-order valence-electron chi connectivity index (χ2n) is 8.11. The Balaban J connectivity index is 1.41. The minimum absolute atomic E-state index is 0.0131. The number of anilines is 1. The van der Waals surface area contributed by atoms with E-state index < -0.39 is 23.2 Å². The summed E-state index contributed by atoms with van der Waals surface area (Å²) in [4.78, 5) is 28.7. The van der Waals surface area contributed by atoms with Gasteiger partial charge in [0.05, 0.1) is 5.69 Å². The molecular formula is C19H23F2N5O3. The molecule has 0 radical (unpaired) electrons. The number of amides is 1. The second-order valence-corrected chi connectivity index (χ2v) is 8.11. The zero-order chi connectivity index (χ0) is 20.8. The molecular weight excluding hydrogens is 384 g/mol. The van der Waals surface area contributed by atoms with Crippen molar-refractivity contribution in [1.29, 1.82) is 0 Å². The third-order valence-corrected chi connectivity index (χ3v) is 5.84. The average Bonchev–Trinajstić information content (AvgIpc) is 3.26. The SMILES string of the molecule is CC(Nc1nnc(-c2ccc(C(C)(F)F)[nH]c2=O)o1)C(=O)N1CCC2(CC1)CC2. The van der Waals surface area contributed by atoms with E-state index in [2.05, 4.69) is 20.5 Å². The number of nitrogens with one attached hydrogen (secondary N) is 2. The predicted octanol–water partition coefficient (Wildman–Crippen LogP) is 2.74. The standard InChI is InChI=1S/C19H23F2N5O3/c1-11(16(28)26-9-7-19(5-6-19)8-10-26)22-17-25-24-15(29-17)12-3-4-13(18(2,20)21)23-14(12)27/h3-4,11H,5-10H2,1-2H3,(H,22,25)(H,23,27). The molecule has 2 aromatic heterocycles. The van der Waals surface area contributed by atoms with Crippen LogP contribution in [0.1, 0.15) is 45.2 Å². The summed E-state index contributed by atoms with van der Waals surface area (Å²) in [5.41, 5.74) is -0.800. The highest BCUT2D eigenvalue weighted by molar-refractivity contribution is 5.83. The molecule has 29 heavy (non-hydrogen) atoms.